The summed E-state index contributed by atoms with van der Waals surface area (Å²) in [5, 5.41) is 0. The minimum atomic E-state index is -0.492. The van der Waals surface area contributed by atoms with Crippen molar-refractivity contribution in [1.29, 1.82) is 0 Å². The van der Waals surface area contributed by atoms with E-state index in [0.29, 0.717) is 17.6 Å². The fraction of sp³-hybridized carbons (Fsp3) is 0.600. The number of hydrogen-bond donors (Lipinski definition) is 0. The third kappa shape index (κ3) is 3.30. The number of hydrogen-bond acceptors (Lipinski definition) is 5. The first-order valence-electron chi connectivity index (χ1n) is 8.84. The van der Waals surface area contributed by atoms with Crippen molar-refractivity contribution in [3.05, 3.63) is 35.5 Å². The molecule has 0 amide bonds. The largest absolute Gasteiger partial charge is 0.458 e. The van der Waals surface area contributed by atoms with E-state index in [1.807, 2.05) is 13.8 Å². The van der Waals surface area contributed by atoms with Gasteiger partial charge in [0.25, 0.3) is 0 Å². The third-order valence-electron chi connectivity index (χ3n) is 5.57. The van der Waals surface area contributed by atoms with Crippen molar-refractivity contribution in [2.45, 2.75) is 70.9 Å². The summed E-state index contributed by atoms with van der Waals surface area (Å²) >= 11 is 0. The van der Waals surface area contributed by atoms with Crippen molar-refractivity contribution >= 4 is 11.9 Å². The summed E-state index contributed by atoms with van der Waals surface area (Å²) in [5.41, 5.74) is 1.74. The summed E-state index contributed by atoms with van der Waals surface area (Å²) in [5.74, 6) is -1.17. The molecule has 0 saturated carbocycles. The van der Waals surface area contributed by atoms with E-state index in [9.17, 15) is 9.59 Å². The van der Waals surface area contributed by atoms with Crippen molar-refractivity contribution in [3.8, 4) is 0 Å². The Labute approximate surface area is 148 Å². The number of ether oxygens (including phenoxy) is 3. The molecule has 1 aliphatic carbocycles. The molecule has 25 heavy (non-hydrogen) atoms. The monoisotopic (exact) mass is 346 g/mol. The molecule has 0 unspecified atom stereocenters. The van der Waals surface area contributed by atoms with Crippen LogP contribution in [0.4, 0.5) is 0 Å². The van der Waals surface area contributed by atoms with Gasteiger partial charge in [-0.05, 0) is 40.5 Å². The molecule has 5 atom stereocenters. The molecule has 0 bridgehead atoms. The molecule has 136 valence electrons. The summed E-state index contributed by atoms with van der Waals surface area (Å²) in [6, 6.07) is 0. The average molecular weight is 346 g/mol. The highest BCUT2D eigenvalue weighted by Crippen LogP contribution is 2.50. The Hall–Kier alpha value is -1.88. The van der Waals surface area contributed by atoms with Crippen LogP contribution in [0.2, 0.25) is 0 Å². The van der Waals surface area contributed by atoms with Gasteiger partial charge >= 0.3 is 11.9 Å². The van der Waals surface area contributed by atoms with Crippen LogP contribution >= 0.6 is 0 Å². The van der Waals surface area contributed by atoms with Crippen LogP contribution in [0.25, 0.3) is 0 Å². The third-order valence-corrected chi connectivity index (χ3v) is 5.57. The number of esters is 2. The lowest BCUT2D eigenvalue weighted by atomic mass is 9.82. The summed E-state index contributed by atoms with van der Waals surface area (Å²) in [6.45, 7) is 11.5. The Bertz CT molecular complexity index is 674. The first kappa shape index (κ1) is 17.9. The second-order valence-electron chi connectivity index (χ2n) is 7.48. The Kier molecular flexibility index (Phi) is 4.62. The van der Waals surface area contributed by atoms with Gasteiger partial charge in [0.1, 0.15) is 18.3 Å². The molecular weight excluding hydrogens is 320 g/mol. The summed E-state index contributed by atoms with van der Waals surface area (Å²) < 4.78 is 17.3. The number of carbonyl (C=O) groups excluding carboxylic acids is 2. The molecule has 2 fully saturated rings. The van der Waals surface area contributed by atoms with E-state index < -0.39 is 18.2 Å². The first-order valence-corrected chi connectivity index (χ1v) is 8.84. The number of carbonyl (C=O) groups is 2. The van der Waals surface area contributed by atoms with Gasteiger partial charge in [0.15, 0.2) is 0 Å². The molecule has 2 saturated heterocycles. The van der Waals surface area contributed by atoms with E-state index in [1.54, 1.807) is 19.9 Å². The predicted molar refractivity (Wildman–Crippen MR) is 92.7 cm³/mol. The van der Waals surface area contributed by atoms with Gasteiger partial charge in [-0.15, -0.1) is 0 Å². The fourth-order valence-corrected chi connectivity index (χ4v) is 3.76. The highest BCUT2D eigenvalue weighted by atomic mass is 16.6. The Morgan fingerprint density at radius 3 is 2.88 bits per heavy atom. The van der Waals surface area contributed by atoms with Crippen molar-refractivity contribution in [1.82, 2.24) is 0 Å². The Morgan fingerprint density at radius 1 is 1.48 bits per heavy atom. The predicted octanol–water partition coefficient (Wildman–Crippen LogP) is 3.25. The average Bonchev–Trinajstić information content (AvgIpc) is 3.13. The molecular formula is C20H26O5. The van der Waals surface area contributed by atoms with Crippen LogP contribution in [0.3, 0.4) is 0 Å². The van der Waals surface area contributed by atoms with Crippen LogP contribution < -0.4 is 0 Å². The van der Waals surface area contributed by atoms with Gasteiger partial charge in [-0.25, -0.2) is 9.59 Å². The van der Waals surface area contributed by atoms with Crippen LogP contribution in [0.15, 0.2) is 35.5 Å². The fourth-order valence-electron chi connectivity index (χ4n) is 3.76. The Balaban J connectivity index is 1.94. The Morgan fingerprint density at radius 2 is 2.20 bits per heavy atom. The van der Waals surface area contributed by atoms with Crippen molar-refractivity contribution < 1.29 is 23.8 Å². The van der Waals surface area contributed by atoms with E-state index in [4.69, 9.17) is 14.2 Å². The van der Waals surface area contributed by atoms with Gasteiger partial charge < -0.3 is 14.2 Å². The van der Waals surface area contributed by atoms with Crippen molar-refractivity contribution in [2.75, 3.05) is 0 Å². The van der Waals surface area contributed by atoms with E-state index >= 15 is 0 Å². The minimum absolute atomic E-state index is 0.170. The molecule has 2 aliphatic heterocycles. The SMILES string of the molecule is C=C1C(=O)O[C@H]2[C@H]1[C@H](OC(=O)/C(C)=C/C)C/C(C)=C/CC[C@@]1(C)O[C@H]21. The molecule has 3 aliphatic rings. The smallest absolute Gasteiger partial charge is 0.334 e. The summed E-state index contributed by atoms with van der Waals surface area (Å²) in [4.78, 5) is 24.5. The number of epoxide rings is 1. The van der Waals surface area contributed by atoms with E-state index in [0.717, 1.165) is 18.4 Å². The van der Waals surface area contributed by atoms with Crippen molar-refractivity contribution in [2.24, 2.45) is 5.92 Å². The molecule has 0 aromatic heterocycles. The topological polar surface area (TPSA) is 65.1 Å². The maximum Gasteiger partial charge on any atom is 0.334 e. The minimum Gasteiger partial charge on any atom is -0.458 e. The highest BCUT2D eigenvalue weighted by Gasteiger charge is 2.63. The van der Waals surface area contributed by atoms with E-state index in [2.05, 4.69) is 12.7 Å². The zero-order valence-electron chi connectivity index (χ0n) is 15.3. The molecule has 0 aromatic carbocycles. The lowest BCUT2D eigenvalue weighted by Gasteiger charge is -2.28. The van der Waals surface area contributed by atoms with Gasteiger partial charge in [-0.3, -0.25) is 0 Å². The molecule has 0 aromatic rings. The van der Waals surface area contributed by atoms with Crippen LogP contribution in [-0.2, 0) is 23.8 Å². The summed E-state index contributed by atoms with van der Waals surface area (Å²) in [6.07, 6.45) is 5.10. The molecule has 3 rings (SSSR count). The van der Waals surface area contributed by atoms with Gasteiger partial charge in [0.05, 0.1) is 11.5 Å². The second kappa shape index (κ2) is 6.45. The van der Waals surface area contributed by atoms with E-state index in [-0.39, 0.29) is 23.6 Å². The maximum atomic E-state index is 12.3. The number of allylic oxidation sites excluding steroid dienone is 2. The van der Waals surface area contributed by atoms with Crippen LogP contribution in [-0.4, -0.2) is 35.9 Å². The zero-order valence-corrected chi connectivity index (χ0v) is 15.3. The standard InChI is InChI=1S/C20H26O5/c1-6-12(3)18(21)23-14-10-11(2)8-7-9-20(5)17(25-20)16-15(14)13(4)19(22)24-16/h6,8,14-17H,4,7,9-10H2,1-3,5H3/b11-8+,12-6+/t14-,15-,16+,17-,20-/m1/s1. The summed E-state index contributed by atoms with van der Waals surface area (Å²) in [7, 11) is 0. The molecule has 0 N–H and O–H groups in total. The van der Waals surface area contributed by atoms with Gasteiger partial charge in [-0.1, -0.05) is 24.3 Å². The lowest BCUT2D eigenvalue weighted by Crippen LogP contribution is -2.38. The second-order valence-corrected chi connectivity index (χ2v) is 7.48. The van der Waals surface area contributed by atoms with Crippen molar-refractivity contribution in [3.63, 3.8) is 0 Å². The number of fused-ring (bicyclic) bond motifs is 3. The van der Waals surface area contributed by atoms with Gasteiger partial charge in [-0.2, -0.15) is 0 Å². The van der Waals surface area contributed by atoms with Crippen LogP contribution in [0.1, 0.15) is 47.0 Å². The molecule has 0 spiro atoms. The van der Waals surface area contributed by atoms with Gasteiger partial charge in [0.2, 0.25) is 0 Å². The molecule has 5 nitrogen and oxygen atoms in total. The van der Waals surface area contributed by atoms with Crippen LogP contribution in [0.5, 0.6) is 0 Å². The normalized spacial score (nSPS) is 40.3. The quantitative estimate of drug-likeness (QED) is 0.332. The number of rotatable bonds is 2. The zero-order chi connectivity index (χ0) is 18.4. The van der Waals surface area contributed by atoms with Gasteiger partial charge in [0, 0.05) is 17.6 Å². The molecule has 5 heteroatoms. The lowest BCUT2D eigenvalue weighted by molar-refractivity contribution is -0.148. The van der Waals surface area contributed by atoms with Crippen LogP contribution in [0, 0.1) is 5.92 Å². The molecule has 2 heterocycles. The van der Waals surface area contributed by atoms with E-state index in [1.165, 1.54) is 0 Å². The first-order chi connectivity index (χ1) is 11.8. The highest BCUT2D eigenvalue weighted by molar-refractivity contribution is 5.91. The molecule has 0 radical (unpaired) electrons. The maximum absolute atomic E-state index is 12.3.